The van der Waals surface area contributed by atoms with Crippen LogP contribution in [-0.4, -0.2) is 15.4 Å². The molecular weight excluding hydrogens is 252 g/mol. The molecule has 3 aromatic rings. The fraction of sp³-hybridized carbons (Fsp3) is 0.250. The number of pyridine rings is 1. The molecule has 0 radical (unpaired) electrons. The van der Waals surface area contributed by atoms with Crippen molar-refractivity contribution in [3.63, 3.8) is 0 Å². The summed E-state index contributed by atoms with van der Waals surface area (Å²) in [5, 5.41) is 0. The summed E-state index contributed by atoms with van der Waals surface area (Å²) in [6, 6.07) is 7.84. The standard InChI is InChI=1S/C16H16N2O2/c1-9-5-6-10(2)16-15(9)17-14-8-13(20-12(4)19)7-11(3)18(14)16/h5-8H,1-4H3. The maximum atomic E-state index is 11.1. The van der Waals surface area contributed by atoms with Gasteiger partial charge in [-0.15, -0.1) is 0 Å². The van der Waals surface area contributed by atoms with Crippen LogP contribution in [0.3, 0.4) is 0 Å². The van der Waals surface area contributed by atoms with Gasteiger partial charge in [-0.3, -0.25) is 9.20 Å². The molecule has 2 heterocycles. The predicted molar refractivity (Wildman–Crippen MR) is 78.2 cm³/mol. The van der Waals surface area contributed by atoms with Gasteiger partial charge in [-0.05, 0) is 31.9 Å². The number of aryl methyl sites for hydroxylation is 3. The smallest absolute Gasteiger partial charge is 0.308 e. The Balaban J connectivity index is 2.39. The minimum atomic E-state index is -0.322. The monoisotopic (exact) mass is 268 g/mol. The highest BCUT2D eigenvalue weighted by Gasteiger charge is 2.12. The third-order valence-corrected chi connectivity index (χ3v) is 3.47. The molecule has 0 spiro atoms. The first-order chi connectivity index (χ1) is 9.47. The van der Waals surface area contributed by atoms with Gasteiger partial charge in [-0.2, -0.15) is 0 Å². The van der Waals surface area contributed by atoms with Crippen LogP contribution in [0, 0.1) is 20.8 Å². The van der Waals surface area contributed by atoms with Crippen LogP contribution in [0.5, 0.6) is 5.75 Å². The topological polar surface area (TPSA) is 43.6 Å². The first-order valence-electron chi connectivity index (χ1n) is 6.55. The van der Waals surface area contributed by atoms with Gasteiger partial charge < -0.3 is 4.74 Å². The highest BCUT2D eigenvalue weighted by Crippen LogP contribution is 2.27. The van der Waals surface area contributed by atoms with E-state index in [4.69, 9.17) is 4.74 Å². The van der Waals surface area contributed by atoms with E-state index in [1.807, 2.05) is 13.0 Å². The lowest BCUT2D eigenvalue weighted by Gasteiger charge is -2.07. The quantitative estimate of drug-likeness (QED) is 0.636. The summed E-state index contributed by atoms with van der Waals surface area (Å²) in [6.45, 7) is 7.52. The first-order valence-corrected chi connectivity index (χ1v) is 6.55. The third-order valence-electron chi connectivity index (χ3n) is 3.47. The number of fused-ring (bicyclic) bond motifs is 3. The number of rotatable bonds is 1. The molecule has 20 heavy (non-hydrogen) atoms. The van der Waals surface area contributed by atoms with E-state index in [1.165, 1.54) is 12.5 Å². The average Bonchev–Trinajstić information content (AvgIpc) is 2.74. The Morgan fingerprint density at radius 2 is 1.85 bits per heavy atom. The molecule has 0 aliphatic rings. The Morgan fingerprint density at radius 3 is 2.55 bits per heavy atom. The van der Waals surface area contributed by atoms with Crippen molar-refractivity contribution in [3.05, 3.63) is 41.1 Å². The van der Waals surface area contributed by atoms with E-state index in [0.717, 1.165) is 27.9 Å². The van der Waals surface area contributed by atoms with Gasteiger partial charge in [0, 0.05) is 24.8 Å². The molecule has 0 bridgehead atoms. The Bertz CT molecular complexity index is 847. The van der Waals surface area contributed by atoms with E-state index in [0.29, 0.717) is 5.75 Å². The summed E-state index contributed by atoms with van der Waals surface area (Å²) in [6.07, 6.45) is 0. The number of carbonyl (C=O) groups excluding carboxylic acids is 1. The van der Waals surface area contributed by atoms with Crippen molar-refractivity contribution in [2.24, 2.45) is 0 Å². The molecular formula is C16H16N2O2. The molecule has 0 fully saturated rings. The molecule has 0 saturated carbocycles. The number of hydrogen-bond donors (Lipinski definition) is 0. The van der Waals surface area contributed by atoms with Crippen molar-refractivity contribution in [1.82, 2.24) is 9.38 Å². The summed E-state index contributed by atoms with van der Waals surface area (Å²) in [5.41, 5.74) is 6.23. The predicted octanol–water partition coefficient (Wildman–Crippen LogP) is 3.34. The van der Waals surface area contributed by atoms with Gasteiger partial charge in [0.2, 0.25) is 0 Å². The number of hydrogen-bond acceptors (Lipinski definition) is 3. The second-order valence-corrected chi connectivity index (χ2v) is 5.13. The largest absolute Gasteiger partial charge is 0.427 e. The second kappa shape index (κ2) is 4.34. The zero-order chi connectivity index (χ0) is 14.4. The number of aromatic nitrogens is 2. The van der Waals surface area contributed by atoms with Gasteiger partial charge in [0.15, 0.2) is 0 Å². The van der Waals surface area contributed by atoms with E-state index in [1.54, 1.807) is 6.07 Å². The second-order valence-electron chi connectivity index (χ2n) is 5.13. The molecule has 0 amide bonds. The van der Waals surface area contributed by atoms with E-state index in [9.17, 15) is 4.79 Å². The van der Waals surface area contributed by atoms with Gasteiger partial charge in [0.05, 0.1) is 11.0 Å². The minimum Gasteiger partial charge on any atom is -0.427 e. The number of imidazole rings is 1. The lowest BCUT2D eigenvalue weighted by atomic mass is 10.1. The van der Waals surface area contributed by atoms with Gasteiger partial charge in [0.1, 0.15) is 11.4 Å². The maximum Gasteiger partial charge on any atom is 0.308 e. The molecule has 102 valence electrons. The molecule has 0 N–H and O–H groups in total. The van der Waals surface area contributed by atoms with Crippen molar-refractivity contribution >= 4 is 22.6 Å². The van der Waals surface area contributed by atoms with Crippen molar-refractivity contribution in [1.29, 1.82) is 0 Å². The zero-order valence-corrected chi connectivity index (χ0v) is 12.0. The Hall–Kier alpha value is -2.36. The summed E-state index contributed by atoms with van der Waals surface area (Å²) < 4.78 is 7.27. The molecule has 2 aromatic heterocycles. The summed E-state index contributed by atoms with van der Waals surface area (Å²) in [4.78, 5) is 15.8. The molecule has 0 atom stereocenters. The number of ether oxygens (including phenoxy) is 1. The van der Waals surface area contributed by atoms with Gasteiger partial charge in [0.25, 0.3) is 0 Å². The fourth-order valence-corrected chi connectivity index (χ4v) is 2.60. The molecule has 0 saturated heterocycles. The minimum absolute atomic E-state index is 0.322. The first kappa shape index (κ1) is 12.7. The molecule has 4 nitrogen and oxygen atoms in total. The SMILES string of the molecule is CC(=O)Oc1cc(C)n2c(c1)nc1c(C)ccc(C)c12. The van der Waals surface area contributed by atoms with Crippen LogP contribution in [0.15, 0.2) is 24.3 Å². The number of carbonyl (C=O) groups is 1. The molecule has 4 heteroatoms. The maximum absolute atomic E-state index is 11.1. The Kier molecular flexibility index (Phi) is 2.74. The fourth-order valence-electron chi connectivity index (χ4n) is 2.60. The van der Waals surface area contributed by atoms with Crippen LogP contribution in [0.1, 0.15) is 23.7 Å². The van der Waals surface area contributed by atoms with Crippen molar-refractivity contribution in [2.45, 2.75) is 27.7 Å². The lowest BCUT2D eigenvalue weighted by Crippen LogP contribution is -2.03. The van der Waals surface area contributed by atoms with Crippen LogP contribution in [0.4, 0.5) is 0 Å². The Morgan fingerprint density at radius 1 is 1.15 bits per heavy atom. The highest BCUT2D eigenvalue weighted by molar-refractivity contribution is 5.87. The van der Waals surface area contributed by atoms with Gasteiger partial charge >= 0.3 is 5.97 Å². The van der Waals surface area contributed by atoms with E-state index in [-0.39, 0.29) is 5.97 Å². The van der Waals surface area contributed by atoms with Crippen LogP contribution >= 0.6 is 0 Å². The van der Waals surface area contributed by atoms with Crippen LogP contribution in [-0.2, 0) is 4.79 Å². The van der Waals surface area contributed by atoms with Crippen molar-refractivity contribution in [2.75, 3.05) is 0 Å². The number of benzene rings is 1. The van der Waals surface area contributed by atoms with Gasteiger partial charge in [-0.1, -0.05) is 12.1 Å². The number of nitrogens with zero attached hydrogens (tertiary/aromatic N) is 2. The summed E-state index contributed by atoms with van der Waals surface area (Å²) in [7, 11) is 0. The average molecular weight is 268 g/mol. The molecule has 0 unspecified atom stereocenters. The molecule has 0 aliphatic carbocycles. The highest BCUT2D eigenvalue weighted by atomic mass is 16.5. The van der Waals surface area contributed by atoms with Crippen LogP contribution in [0.2, 0.25) is 0 Å². The molecule has 3 rings (SSSR count). The van der Waals surface area contributed by atoms with E-state index >= 15 is 0 Å². The van der Waals surface area contributed by atoms with Crippen molar-refractivity contribution < 1.29 is 9.53 Å². The van der Waals surface area contributed by atoms with Gasteiger partial charge in [-0.25, -0.2) is 4.98 Å². The zero-order valence-electron chi connectivity index (χ0n) is 12.0. The normalized spacial score (nSPS) is 11.2. The summed E-state index contributed by atoms with van der Waals surface area (Å²) >= 11 is 0. The van der Waals surface area contributed by atoms with E-state index < -0.39 is 0 Å². The van der Waals surface area contributed by atoms with Crippen molar-refractivity contribution in [3.8, 4) is 5.75 Å². The molecule has 0 aliphatic heterocycles. The lowest BCUT2D eigenvalue weighted by molar-refractivity contribution is -0.131. The third kappa shape index (κ3) is 1.84. The summed E-state index contributed by atoms with van der Waals surface area (Å²) in [5.74, 6) is 0.213. The number of esters is 1. The Labute approximate surface area is 117 Å². The van der Waals surface area contributed by atoms with Crippen LogP contribution in [0.25, 0.3) is 16.7 Å². The molecule has 1 aromatic carbocycles. The van der Waals surface area contributed by atoms with Crippen LogP contribution < -0.4 is 4.74 Å². The van der Waals surface area contributed by atoms with E-state index in [2.05, 4.69) is 35.4 Å².